The van der Waals surface area contributed by atoms with E-state index in [-0.39, 0.29) is 6.61 Å². The van der Waals surface area contributed by atoms with Crippen LogP contribution in [0.3, 0.4) is 0 Å². The summed E-state index contributed by atoms with van der Waals surface area (Å²) in [5, 5.41) is 10.4. The summed E-state index contributed by atoms with van der Waals surface area (Å²) in [6.45, 7) is 3.93. The number of carbonyl (C=O) groups is 1. The zero-order valence-corrected chi connectivity index (χ0v) is 17.9. The van der Waals surface area contributed by atoms with Crippen LogP contribution in [0.15, 0.2) is 64.8 Å². The molecule has 0 bridgehead atoms. The SMILES string of the molecule is CCOC(=O)C1=C(C)N(c2cccc(Cl)c2)C(SC)=NC1c1ccc(C#N)cc1. The van der Waals surface area contributed by atoms with Gasteiger partial charge in [-0.05, 0) is 56.0 Å². The number of hydrogen-bond acceptors (Lipinski definition) is 6. The highest BCUT2D eigenvalue weighted by Crippen LogP contribution is 2.39. The molecule has 5 nitrogen and oxygen atoms in total. The second-order valence-electron chi connectivity index (χ2n) is 6.29. The van der Waals surface area contributed by atoms with Crippen molar-refractivity contribution in [3.63, 3.8) is 0 Å². The first-order valence-corrected chi connectivity index (χ1v) is 10.7. The van der Waals surface area contributed by atoms with Gasteiger partial charge in [-0.3, -0.25) is 4.90 Å². The lowest BCUT2D eigenvalue weighted by Gasteiger charge is -2.34. The molecule has 3 rings (SSSR count). The van der Waals surface area contributed by atoms with E-state index in [4.69, 9.17) is 26.6 Å². The van der Waals surface area contributed by atoms with Gasteiger partial charge < -0.3 is 4.74 Å². The van der Waals surface area contributed by atoms with Crippen LogP contribution in [0.5, 0.6) is 0 Å². The Labute approximate surface area is 179 Å². The third kappa shape index (κ3) is 4.31. The second-order valence-corrected chi connectivity index (χ2v) is 7.50. The Kier molecular flexibility index (Phi) is 6.63. The minimum Gasteiger partial charge on any atom is -0.463 e. The van der Waals surface area contributed by atoms with Gasteiger partial charge in [0.05, 0.1) is 23.8 Å². The number of esters is 1. The zero-order valence-electron chi connectivity index (χ0n) is 16.3. The standard InChI is InChI=1S/C22H20ClN3O2S/c1-4-28-21(27)19-14(2)26(18-7-5-6-17(23)12-18)22(29-3)25-20(19)16-10-8-15(13-24)9-11-16/h5-12,20H,4H2,1-3H3. The summed E-state index contributed by atoms with van der Waals surface area (Å²) in [7, 11) is 0. The van der Waals surface area contributed by atoms with Crippen LogP contribution < -0.4 is 4.90 Å². The topological polar surface area (TPSA) is 65.7 Å². The van der Waals surface area contributed by atoms with Crippen LogP contribution in [-0.2, 0) is 9.53 Å². The number of hydrogen-bond donors (Lipinski definition) is 0. The largest absolute Gasteiger partial charge is 0.463 e. The maximum absolute atomic E-state index is 12.9. The molecule has 0 N–H and O–H groups in total. The highest BCUT2D eigenvalue weighted by Gasteiger charge is 2.34. The molecule has 1 heterocycles. The van der Waals surface area contributed by atoms with Crippen molar-refractivity contribution in [1.82, 2.24) is 0 Å². The van der Waals surface area contributed by atoms with Gasteiger partial charge in [-0.1, -0.05) is 41.6 Å². The van der Waals surface area contributed by atoms with E-state index < -0.39 is 12.0 Å². The van der Waals surface area contributed by atoms with Crippen molar-refractivity contribution in [1.29, 1.82) is 5.26 Å². The first-order chi connectivity index (χ1) is 14.0. The van der Waals surface area contributed by atoms with Crippen molar-refractivity contribution in [3.05, 3.63) is 76.0 Å². The number of anilines is 1. The molecule has 2 aromatic carbocycles. The molecular weight excluding hydrogens is 406 g/mol. The molecule has 1 aliphatic heterocycles. The van der Waals surface area contributed by atoms with Gasteiger partial charge in [0.1, 0.15) is 6.04 Å². The van der Waals surface area contributed by atoms with Crippen LogP contribution in [0, 0.1) is 11.3 Å². The molecular formula is C22H20ClN3O2S. The fourth-order valence-corrected chi connectivity index (χ4v) is 4.03. The van der Waals surface area contributed by atoms with Crippen LogP contribution in [0.25, 0.3) is 0 Å². The average molecular weight is 426 g/mol. The predicted octanol–water partition coefficient (Wildman–Crippen LogP) is 5.33. The molecule has 0 fully saturated rings. The summed E-state index contributed by atoms with van der Waals surface area (Å²) >= 11 is 7.68. The van der Waals surface area contributed by atoms with Gasteiger partial charge in [0.2, 0.25) is 0 Å². The smallest absolute Gasteiger partial charge is 0.338 e. The monoisotopic (exact) mass is 425 g/mol. The molecule has 0 aromatic heterocycles. The number of allylic oxidation sites excluding steroid dienone is 1. The predicted molar refractivity (Wildman–Crippen MR) is 118 cm³/mol. The number of aliphatic imine (C=N–C) groups is 1. The third-order valence-electron chi connectivity index (χ3n) is 4.53. The van der Waals surface area contributed by atoms with E-state index in [9.17, 15) is 4.79 Å². The van der Waals surface area contributed by atoms with E-state index >= 15 is 0 Å². The van der Waals surface area contributed by atoms with Gasteiger partial charge in [0.25, 0.3) is 0 Å². The van der Waals surface area contributed by atoms with E-state index in [2.05, 4.69) is 6.07 Å². The third-order valence-corrected chi connectivity index (χ3v) is 5.42. The maximum Gasteiger partial charge on any atom is 0.338 e. The van der Waals surface area contributed by atoms with Gasteiger partial charge >= 0.3 is 5.97 Å². The molecule has 1 aliphatic rings. The Morgan fingerprint density at radius 2 is 2.03 bits per heavy atom. The van der Waals surface area contributed by atoms with Crippen LogP contribution in [0.2, 0.25) is 5.02 Å². The number of amidine groups is 1. The van der Waals surface area contributed by atoms with E-state index in [1.54, 1.807) is 25.1 Å². The number of carbonyl (C=O) groups excluding carboxylic acids is 1. The van der Waals surface area contributed by atoms with Crippen molar-refractivity contribution in [2.45, 2.75) is 19.9 Å². The summed E-state index contributed by atoms with van der Waals surface area (Å²) in [5.41, 5.74) is 3.40. The molecule has 0 amide bonds. The van der Waals surface area contributed by atoms with E-state index in [1.807, 2.05) is 48.4 Å². The Balaban J connectivity index is 2.17. The number of thioether (sulfide) groups is 1. The quantitative estimate of drug-likeness (QED) is 0.619. The van der Waals surface area contributed by atoms with Crippen molar-refractivity contribution in [2.75, 3.05) is 17.8 Å². The number of nitriles is 1. The molecule has 0 saturated carbocycles. The van der Waals surface area contributed by atoms with E-state index in [0.717, 1.165) is 22.1 Å². The molecule has 0 radical (unpaired) electrons. The van der Waals surface area contributed by atoms with Gasteiger partial charge in [0, 0.05) is 16.4 Å². The summed E-state index contributed by atoms with van der Waals surface area (Å²) in [5.74, 6) is -0.407. The lowest BCUT2D eigenvalue weighted by atomic mass is 9.95. The molecule has 29 heavy (non-hydrogen) atoms. The van der Waals surface area contributed by atoms with Gasteiger partial charge in [-0.2, -0.15) is 5.26 Å². The molecule has 0 aliphatic carbocycles. The van der Waals surface area contributed by atoms with Crippen LogP contribution in [0.1, 0.15) is 31.0 Å². The van der Waals surface area contributed by atoms with Gasteiger partial charge in [-0.15, -0.1) is 0 Å². The fourth-order valence-electron chi connectivity index (χ4n) is 3.21. The Bertz CT molecular complexity index is 1030. The zero-order chi connectivity index (χ0) is 21.0. The minimum atomic E-state index is -0.514. The molecule has 2 aromatic rings. The molecule has 7 heteroatoms. The highest BCUT2D eigenvalue weighted by molar-refractivity contribution is 8.13. The lowest BCUT2D eigenvalue weighted by molar-refractivity contribution is -0.138. The first-order valence-electron chi connectivity index (χ1n) is 9.05. The lowest BCUT2D eigenvalue weighted by Crippen LogP contribution is -2.35. The normalized spacial score (nSPS) is 16.3. The fraction of sp³-hybridized carbons (Fsp3) is 0.227. The Morgan fingerprint density at radius 1 is 1.31 bits per heavy atom. The molecule has 1 atom stereocenters. The van der Waals surface area contributed by atoms with E-state index in [1.165, 1.54) is 11.8 Å². The number of ether oxygens (including phenoxy) is 1. The summed E-state index contributed by atoms with van der Waals surface area (Å²) in [6, 6.07) is 16.1. The van der Waals surface area contributed by atoms with Crippen LogP contribution >= 0.6 is 23.4 Å². The minimum absolute atomic E-state index is 0.270. The molecule has 148 valence electrons. The molecule has 0 spiro atoms. The highest BCUT2D eigenvalue weighted by atomic mass is 35.5. The summed E-state index contributed by atoms with van der Waals surface area (Å²) < 4.78 is 5.35. The van der Waals surface area contributed by atoms with Gasteiger partial charge in [-0.25, -0.2) is 9.79 Å². The second kappa shape index (κ2) is 9.17. The van der Waals surface area contributed by atoms with E-state index in [0.29, 0.717) is 16.2 Å². The molecule has 0 saturated heterocycles. The van der Waals surface area contributed by atoms with Crippen molar-refractivity contribution < 1.29 is 9.53 Å². The van der Waals surface area contributed by atoms with Crippen molar-refractivity contribution in [3.8, 4) is 6.07 Å². The number of benzene rings is 2. The Morgan fingerprint density at radius 3 is 2.62 bits per heavy atom. The number of rotatable bonds is 4. The van der Waals surface area contributed by atoms with Gasteiger partial charge in [0.15, 0.2) is 5.17 Å². The maximum atomic E-state index is 12.9. The summed E-state index contributed by atoms with van der Waals surface area (Å²) in [4.78, 5) is 19.7. The van der Waals surface area contributed by atoms with Crippen LogP contribution in [0.4, 0.5) is 5.69 Å². The Hall–Kier alpha value is -2.75. The first kappa shape index (κ1) is 21.0. The number of halogens is 1. The van der Waals surface area contributed by atoms with Crippen LogP contribution in [-0.4, -0.2) is 24.0 Å². The van der Waals surface area contributed by atoms with Crippen molar-refractivity contribution in [2.24, 2.45) is 4.99 Å². The molecule has 1 unspecified atom stereocenters. The average Bonchev–Trinajstić information content (AvgIpc) is 2.73. The summed E-state index contributed by atoms with van der Waals surface area (Å²) in [6.07, 6.45) is 1.94. The number of nitrogens with zero attached hydrogens (tertiary/aromatic N) is 3. The van der Waals surface area contributed by atoms with Crippen molar-refractivity contribution >= 4 is 40.2 Å².